The molecule has 4 aromatic rings. The van der Waals surface area contributed by atoms with Crippen LogP contribution in [-0.2, 0) is 11.3 Å². The lowest BCUT2D eigenvalue weighted by molar-refractivity contribution is 0.00722. The molecule has 0 saturated heterocycles. The van der Waals surface area contributed by atoms with Gasteiger partial charge in [-0.15, -0.1) is 0 Å². The Morgan fingerprint density at radius 1 is 1.11 bits per heavy atom. The van der Waals surface area contributed by atoms with Crippen molar-refractivity contribution in [2.24, 2.45) is 0 Å². The molecule has 11 nitrogen and oxygen atoms in total. The van der Waals surface area contributed by atoms with E-state index in [9.17, 15) is 10.2 Å². The van der Waals surface area contributed by atoms with Gasteiger partial charge in [-0.05, 0) is 43.7 Å². The Bertz CT molecular complexity index is 1370. The van der Waals surface area contributed by atoms with Crippen molar-refractivity contribution in [1.29, 1.82) is 0 Å². The predicted octanol–water partition coefficient (Wildman–Crippen LogP) is 2.37. The molecule has 0 aliphatic heterocycles. The number of hydrogen-bond donors (Lipinski definition) is 4. The first-order valence-corrected chi connectivity index (χ1v) is 12.8. The smallest absolute Gasteiger partial charge is 0.227 e. The summed E-state index contributed by atoms with van der Waals surface area (Å²) in [7, 11) is 0. The number of benzene rings is 1. The van der Waals surface area contributed by atoms with Gasteiger partial charge < -0.3 is 30.6 Å². The summed E-state index contributed by atoms with van der Waals surface area (Å²) in [5.41, 5.74) is 9.39. The van der Waals surface area contributed by atoms with Crippen LogP contribution in [0.2, 0.25) is 0 Å². The molecule has 37 heavy (non-hydrogen) atoms. The molecule has 3 aromatic heterocycles. The van der Waals surface area contributed by atoms with Crippen molar-refractivity contribution in [3.63, 3.8) is 0 Å². The molecule has 6 rings (SSSR count). The zero-order valence-electron chi connectivity index (χ0n) is 20.7. The van der Waals surface area contributed by atoms with Crippen LogP contribution in [0.3, 0.4) is 0 Å². The van der Waals surface area contributed by atoms with E-state index in [1.807, 2.05) is 31.3 Å². The zero-order valence-corrected chi connectivity index (χ0v) is 20.7. The molecule has 0 radical (unpaired) electrons. The lowest BCUT2D eigenvalue weighted by atomic mass is 10.2. The van der Waals surface area contributed by atoms with Gasteiger partial charge in [0, 0.05) is 6.20 Å². The zero-order chi connectivity index (χ0) is 25.5. The summed E-state index contributed by atoms with van der Waals surface area (Å²) in [5, 5.41) is 29.5. The third kappa shape index (κ3) is 4.54. The summed E-state index contributed by atoms with van der Waals surface area (Å²) in [5.74, 6) is 0.664. The molecular weight excluding hydrogens is 472 g/mol. The predicted molar refractivity (Wildman–Crippen MR) is 138 cm³/mol. The first-order chi connectivity index (χ1) is 18.0. The van der Waals surface area contributed by atoms with Crippen LogP contribution in [0.15, 0.2) is 49.1 Å². The van der Waals surface area contributed by atoms with Gasteiger partial charge in [0.15, 0.2) is 11.5 Å². The minimum atomic E-state index is -1.01. The standard InChI is InChI=1S/C26H32N8O3/c1-15-11-29-34(12-15)19-10-18(22(35)23(19)36)33-14-28-21-24(27)31-26(32-25(21)33)30-17-8-5-9-20(17)37-13-16-6-3-2-4-7-16/h2-4,6-7,11-12,14,17-20,22-23,35-36H,5,8-10,13H2,1H3,(H3,27,30,31,32). The SMILES string of the molecule is Cc1cnn(C2CC(n3cnc4c(N)nc(NC5CCCC5OCc5ccccc5)nc43)C(O)C2O)c1. The number of nitrogens with one attached hydrogen (secondary N) is 1. The van der Waals surface area contributed by atoms with Crippen molar-refractivity contribution in [3.05, 3.63) is 60.2 Å². The molecule has 6 atom stereocenters. The molecule has 0 bridgehead atoms. The third-order valence-corrected chi connectivity index (χ3v) is 7.57. The largest absolute Gasteiger partial charge is 0.388 e. The second-order valence-corrected chi connectivity index (χ2v) is 10.1. The monoisotopic (exact) mass is 504 g/mol. The molecule has 2 aliphatic carbocycles. The minimum Gasteiger partial charge on any atom is -0.388 e. The number of aliphatic hydroxyl groups is 2. The molecule has 194 valence electrons. The number of aliphatic hydroxyl groups excluding tert-OH is 2. The summed E-state index contributed by atoms with van der Waals surface area (Å²) in [6, 6.07) is 9.39. The Labute approximate surface area is 214 Å². The summed E-state index contributed by atoms with van der Waals surface area (Å²) >= 11 is 0. The molecule has 5 N–H and O–H groups in total. The van der Waals surface area contributed by atoms with Gasteiger partial charge >= 0.3 is 0 Å². The van der Waals surface area contributed by atoms with E-state index in [-0.39, 0.29) is 24.0 Å². The van der Waals surface area contributed by atoms with Crippen molar-refractivity contribution >= 4 is 22.9 Å². The van der Waals surface area contributed by atoms with Gasteiger partial charge in [-0.3, -0.25) is 4.68 Å². The number of aromatic nitrogens is 6. The highest BCUT2D eigenvalue weighted by Crippen LogP contribution is 2.40. The molecule has 1 aromatic carbocycles. The summed E-state index contributed by atoms with van der Waals surface area (Å²) in [6.45, 7) is 2.50. The first-order valence-electron chi connectivity index (χ1n) is 12.8. The number of aryl methyl sites for hydroxylation is 1. The van der Waals surface area contributed by atoms with E-state index in [1.54, 1.807) is 21.8 Å². The molecule has 11 heteroatoms. The molecule has 0 amide bonds. The summed E-state index contributed by atoms with van der Waals surface area (Å²) in [4.78, 5) is 13.6. The third-order valence-electron chi connectivity index (χ3n) is 7.57. The van der Waals surface area contributed by atoms with E-state index < -0.39 is 18.2 Å². The number of hydrogen-bond acceptors (Lipinski definition) is 9. The average Bonchev–Trinajstić information content (AvgIpc) is 3.68. The van der Waals surface area contributed by atoms with Crippen LogP contribution in [0.4, 0.5) is 11.8 Å². The second kappa shape index (κ2) is 9.73. The van der Waals surface area contributed by atoms with E-state index in [2.05, 4.69) is 32.5 Å². The van der Waals surface area contributed by atoms with Crippen molar-refractivity contribution in [3.8, 4) is 0 Å². The maximum atomic E-state index is 10.9. The number of fused-ring (bicyclic) bond motifs is 1. The van der Waals surface area contributed by atoms with Crippen LogP contribution < -0.4 is 11.1 Å². The fourth-order valence-electron chi connectivity index (χ4n) is 5.62. The quantitative estimate of drug-likeness (QED) is 0.297. The fraction of sp³-hybridized carbons (Fsp3) is 0.462. The molecule has 2 aliphatic rings. The Morgan fingerprint density at radius 2 is 1.92 bits per heavy atom. The number of ether oxygens (including phenoxy) is 1. The minimum absolute atomic E-state index is 0.0377. The highest BCUT2D eigenvalue weighted by Gasteiger charge is 2.44. The molecular formula is C26H32N8O3. The van der Waals surface area contributed by atoms with Gasteiger partial charge in [-0.2, -0.15) is 15.1 Å². The normalized spacial score (nSPS) is 27.8. The van der Waals surface area contributed by atoms with Gasteiger partial charge in [-0.25, -0.2) is 4.98 Å². The Balaban J connectivity index is 1.22. The van der Waals surface area contributed by atoms with E-state index in [4.69, 9.17) is 15.5 Å². The number of nitrogens with zero attached hydrogens (tertiary/aromatic N) is 6. The summed E-state index contributed by atoms with van der Waals surface area (Å²) < 4.78 is 9.74. The van der Waals surface area contributed by atoms with E-state index in [0.29, 0.717) is 30.1 Å². The fourth-order valence-corrected chi connectivity index (χ4v) is 5.62. The lowest BCUT2D eigenvalue weighted by Gasteiger charge is -2.22. The summed E-state index contributed by atoms with van der Waals surface area (Å²) in [6.07, 6.45) is 6.70. The maximum absolute atomic E-state index is 10.9. The molecule has 6 unspecified atom stereocenters. The lowest BCUT2D eigenvalue weighted by Crippen LogP contribution is -2.32. The van der Waals surface area contributed by atoms with Gasteiger partial charge in [0.05, 0.1) is 43.4 Å². The highest BCUT2D eigenvalue weighted by atomic mass is 16.5. The van der Waals surface area contributed by atoms with Gasteiger partial charge in [0.2, 0.25) is 5.95 Å². The Hall–Kier alpha value is -3.54. The Kier molecular flexibility index (Phi) is 6.27. The number of nitrogens with two attached hydrogens (primary N) is 1. The van der Waals surface area contributed by atoms with Crippen LogP contribution in [0.1, 0.15) is 48.9 Å². The Morgan fingerprint density at radius 3 is 2.70 bits per heavy atom. The van der Waals surface area contributed by atoms with Crippen molar-refractivity contribution in [1.82, 2.24) is 29.3 Å². The van der Waals surface area contributed by atoms with Crippen LogP contribution in [0.25, 0.3) is 11.2 Å². The topological polar surface area (TPSA) is 149 Å². The molecule has 0 spiro atoms. The average molecular weight is 505 g/mol. The molecule has 2 saturated carbocycles. The number of imidazole rings is 1. The highest BCUT2D eigenvalue weighted by molar-refractivity contribution is 5.83. The van der Waals surface area contributed by atoms with Crippen LogP contribution in [0, 0.1) is 6.92 Å². The van der Waals surface area contributed by atoms with Crippen LogP contribution in [0.5, 0.6) is 0 Å². The number of rotatable bonds is 7. The van der Waals surface area contributed by atoms with E-state index >= 15 is 0 Å². The van der Waals surface area contributed by atoms with E-state index in [0.717, 1.165) is 30.4 Å². The van der Waals surface area contributed by atoms with Crippen molar-refractivity contribution in [2.75, 3.05) is 11.1 Å². The van der Waals surface area contributed by atoms with Gasteiger partial charge in [0.25, 0.3) is 0 Å². The first kappa shape index (κ1) is 23.8. The maximum Gasteiger partial charge on any atom is 0.227 e. The van der Waals surface area contributed by atoms with Crippen molar-refractivity contribution < 1.29 is 14.9 Å². The molecule has 3 heterocycles. The van der Waals surface area contributed by atoms with Crippen LogP contribution >= 0.6 is 0 Å². The van der Waals surface area contributed by atoms with E-state index in [1.165, 1.54) is 0 Å². The number of nitrogen functional groups attached to an aromatic ring is 1. The van der Waals surface area contributed by atoms with Gasteiger partial charge in [0.1, 0.15) is 17.7 Å². The van der Waals surface area contributed by atoms with Crippen LogP contribution in [-0.4, -0.2) is 63.9 Å². The van der Waals surface area contributed by atoms with Gasteiger partial charge in [-0.1, -0.05) is 30.3 Å². The molecule has 2 fully saturated rings. The second-order valence-electron chi connectivity index (χ2n) is 10.1. The van der Waals surface area contributed by atoms with Crippen molar-refractivity contribution in [2.45, 2.75) is 75.7 Å². The number of anilines is 2.